The van der Waals surface area contributed by atoms with E-state index in [2.05, 4.69) is 78.4 Å². The summed E-state index contributed by atoms with van der Waals surface area (Å²) in [6.07, 6.45) is 7.72. The third kappa shape index (κ3) is 4.00. The van der Waals surface area contributed by atoms with Crippen LogP contribution in [0.1, 0.15) is 44.2 Å². The second kappa shape index (κ2) is 7.74. The Morgan fingerprint density at radius 2 is 2.04 bits per heavy atom. The average molecular weight is 370 g/mol. The molecular weight excluding hydrogens is 346 g/mol. The van der Waals surface area contributed by atoms with Crippen molar-refractivity contribution in [2.75, 3.05) is 0 Å². The van der Waals surface area contributed by atoms with Gasteiger partial charge in [0.1, 0.15) is 0 Å². The molecule has 0 spiro atoms. The highest BCUT2D eigenvalue weighted by Crippen LogP contribution is 2.40. The van der Waals surface area contributed by atoms with E-state index >= 15 is 0 Å². The van der Waals surface area contributed by atoms with Gasteiger partial charge < -0.3 is 0 Å². The SMILES string of the molecule is C=N/C(=C\C(=C/C)C1=C(c2cc(Br)ccc2C)CCC1)C(=C)C. The number of halogens is 1. The van der Waals surface area contributed by atoms with Crippen LogP contribution >= 0.6 is 15.9 Å². The van der Waals surface area contributed by atoms with E-state index < -0.39 is 0 Å². The molecule has 1 aliphatic carbocycles. The van der Waals surface area contributed by atoms with Crippen molar-refractivity contribution in [3.63, 3.8) is 0 Å². The molecule has 23 heavy (non-hydrogen) atoms. The van der Waals surface area contributed by atoms with E-state index in [1.807, 2.05) is 6.92 Å². The summed E-state index contributed by atoms with van der Waals surface area (Å²) in [4.78, 5) is 4.12. The van der Waals surface area contributed by atoms with Crippen molar-refractivity contribution in [1.29, 1.82) is 0 Å². The quantitative estimate of drug-likeness (QED) is 0.399. The Kier molecular flexibility index (Phi) is 5.95. The minimum Gasteiger partial charge on any atom is -0.264 e. The molecule has 0 radical (unpaired) electrons. The van der Waals surface area contributed by atoms with Gasteiger partial charge in [-0.2, -0.15) is 0 Å². The second-order valence-corrected chi connectivity index (χ2v) is 6.90. The van der Waals surface area contributed by atoms with Crippen LogP contribution in [0.25, 0.3) is 5.57 Å². The molecule has 0 N–H and O–H groups in total. The highest BCUT2D eigenvalue weighted by molar-refractivity contribution is 9.10. The summed E-state index contributed by atoms with van der Waals surface area (Å²) in [5.74, 6) is 0. The highest BCUT2D eigenvalue weighted by Gasteiger charge is 2.20. The lowest BCUT2D eigenvalue weighted by atomic mass is 9.93. The molecule has 0 bridgehead atoms. The van der Waals surface area contributed by atoms with E-state index in [1.165, 1.54) is 34.3 Å². The maximum Gasteiger partial charge on any atom is 0.0651 e. The number of aryl methyl sites for hydroxylation is 1. The molecule has 120 valence electrons. The molecule has 2 heteroatoms. The highest BCUT2D eigenvalue weighted by atomic mass is 79.9. The summed E-state index contributed by atoms with van der Waals surface area (Å²) in [6.45, 7) is 13.9. The van der Waals surface area contributed by atoms with Gasteiger partial charge in [0.05, 0.1) is 5.70 Å². The van der Waals surface area contributed by atoms with Gasteiger partial charge in [0, 0.05) is 4.47 Å². The zero-order valence-corrected chi connectivity index (χ0v) is 15.8. The number of rotatable bonds is 5. The second-order valence-electron chi connectivity index (χ2n) is 5.98. The van der Waals surface area contributed by atoms with Crippen LogP contribution in [0.3, 0.4) is 0 Å². The van der Waals surface area contributed by atoms with Crippen LogP contribution in [0, 0.1) is 6.92 Å². The van der Waals surface area contributed by atoms with Crippen molar-refractivity contribution in [3.05, 3.63) is 74.9 Å². The number of hydrogen-bond acceptors (Lipinski definition) is 1. The minimum absolute atomic E-state index is 0.864. The van der Waals surface area contributed by atoms with Crippen molar-refractivity contribution in [2.24, 2.45) is 4.99 Å². The maximum atomic E-state index is 4.12. The molecule has 0 fully saturated rings. The third-order valence-electron chi connectivity index (χ3n) is 4.30. The summed E-state index contributed by atoms with van der Waals surface area (Å²) in [5.41, 5.74) is 8.60. The number of benzene rings is 1. The molecule has 2 rings (SSSR count). The molecule has 0 atom stereocenters. The van der Waals surface area contributed by atoms with Gasteiger partial charge in [0.2, 0.25) is 0 Å². The number of aliphatic imine (C=N–C) groups is 1. The molecule has 1 aromatic rings. The number of nitrogens with zero attached hydrogens (tertiary/aromatic N) is 1. The summed E-state index contributed by atoms with van der Waals surface area (Å²) < 4.78 is 1.13. The van der Waals surface area contributed by atoms with E-state index in [0.29, 0.717) is 0 Å². The molecule has 0 aromatic heterocycles. The van der Waals surface area contributed by atoms with Crippen LogP contribution in [0.4, 0.5) is 0 Å². The van der Waals surface area contributed by atoms with Gasteiger partial charge in [0.15, 0.2) is 0 Å². The largest absolute Gasteiger partial charge is 0.264 e. The fraction of sp³-hybridized carbons (Fsp3) is 0.286. The summed E-state index contributed by atoms with van der Waals surface area (Å²) in [5, 5.41) is 0. The van der Waals surface area contributed by atoms with Crippen molar-refractivity contribution >= 4 is 28.2 Å². The monoisotopic (exact) mass is 369 g/mol. The Morgan fingerprint density at radius 1 is 1.30 bits per heavy atom. The Bertz CT molecular complexity index is 732. The first-order valence-electron chi connectivity index (χ1n) is 7.97. The summed E-state index contributed by atoms with van der Waals surface area (Å²) in [7, 11) is 0. The van der Waals surface area contributed by atoms with E-state index in [-0.39, 0.29) is 0 Å². The average Bonchev–Trinajstić information content (AvgIpc) is 2.99. The Hall–Kier alpha value is -1.67. The van der Waals surface area contributed by atoms with Gasteiger partial charge in [0.25, 0.3) is 0 Å². The maximum absolute atomic E-state index is 4.12. The molecular formula is C21H24BrN. The van der Waals surface area contributed by atoms with Gasteiger partial charge in [-0.15, -0.1) is 0 Å². The predicted molar refractivity (Wildman–Crippen MR) is 106 cm³/mol. The normalized spacial score (nSPS) is 16.0. The Morgan fingerprint density at radius 3 is 2.65 bits per heavy atom. The summed E-state index contributed by atoms with van der Waals surface area (Å²) in [6, 6.07) is 6.52. The van der Waals surface area contributed by atoms with Crippen LogP contribution in [0.2, 0.25) is 0 Å². The topological polar surface area (TPSA) is 12.4 Å². The van der Waals surface area contributed by atoms with Crippen LogP contribution < -0.4 is 0 Å². The van der Waals surface area contributed by atoms with Crippen molar-refractivity contribution in [3.8, 4) is 0 Å². The molecule has 0 aliphatic heterocycles. The third-order valence-corrected chi connectivity index (χ3v) is 4.80. The lowest BCUT2D eigenvalue weighted by Gasteiger charge is -2.13. The van der Waals surface area contributed by atoms with E-state index in [9.17, 15) is 0 Å². The Labute approximate surface area is 148 Å². The lowest BCUT2D eigenvalue weighted by Crippen LogP contribution is -1.93. The van der Waals surface area contributed by atoms with Gasteiger partial charge in [-0.05, 0) is 98.4 Å². The molecule has 0 saturated carbocycles. The van der Waals surface area contributed by atoms with Crippen molar-refractivity contribution in [2.45, 2.75) is 40.0 Å². The fourth-order valence-electron chi connectivity index (χ4n) is 3.07. The molecule has 1 nitrogen and oxygen atoms in total. The minimum atomic E-state index is 0.864. The van der Waals surface area contributed by atoms with Crippen molar-refractivity contribution in [1.82, 2.24) is 0 Å². The summed E-state index contributed by atoms with van der Waals surface area (Å²) >= 11 is 3.60. The zero-order valence-electron chi connectivity index (χ0n) is 14.2. The van der Waals surface area contributed by atoms with Gasteiger partial charge in [-0.3, -0.25) is 4.99 Å². The van der Waals surface area contributed by atoms with Crippen LogP contribution in [-0.4, -0.2) is 6.72 Å². The zero-order chi connectivity index (χ0) is 17.0. The fourth-order valence-corrected chi connectivity index (χ4v) is 3.44. The van der Waals surface area contributed by atoms with Gasteiger partial charge >= 0.3 is 0 Å². The molecule has 1 aliphatic rings. The molecule has 0 unspecified atom stereocenters. The van der Waals surface area contributed by atoms with E-state index in [1.54, 1.807) is 0 Å². The molecule has 1 aromatic carbocycles. The van der Waals surface area contributed by atoms with E-state index in [0.717, 1.165) is 28.6 Å². The van der Waals surface area contributed by atoms with E-state index in [4.69, 9.17) is 0 Å². The smallest absolute Gasteiger partial charge is 0.0651 e. The number of hydrogen-bond donors (Lipinski definition) is 0. The predicted octanol–water partition coefficient (Wildman–Crippen LogP) is 6.80. The lowest BCUT2D eigenvalue weighted by molar-refractivity contribution is 0.915. The molecule has 0 saturated heterocycles. The molecule has 0 amide bonds. The first kappa shape index (κ1) is 17.7. The van der Waals surface area contributed by atoms with Gasteiger partial charge in [-0.1, -0.05) is 34.7 Å². The molecule has 0 heterocycles. The number of allylic oxidation sites excluding steroid dienone is 6. The Balaban J connectivity index is 2.56. The van der Waals surface area contributed by atoms with Crippen LogP contribution in [-0.2, 0) is 0 Å². The van der Waals surface area contributed by atoms with Crippen molar-refractivity contribution < 1.29 is 0 Å². The van der Waals surface area contributed by atoms with Crippen LogP contribution in [0.5, 0.6) is 0 Å². The standard InChI is InChI=1S/C21H24BrN/c1-6-16(12-21(23-5)14(2)3)18-8-7-9-19(18)20-13-17(22)11-10-15(20)4/h6,10-13H,2,5,7-9H2,1,3-4H3/b16-6+,21-12-. The van der Waals surface area contributed by atoms with Crippen LogP contribution in [0.15, 0.2) is 68.8 Å². The van der Waals surface area contributed by atoms with Gasteiger partial charge in [-0.25, -0.2) is 0 Å². The first-order valence-corrected chi connectivity index (χ1v) is 8.76. The first-order chi connectivity index (χ1) is 11.0.